The number of anilines is 1. The Kier molecular flexibility index (Phi) is 9.33. The lowest BCUT2D eigenvalue weighted by molar-refractivity contribution is -0.144. The van der Waals surface area contributed by atoms with Crippen molar-refractivity contribution in [2.75, 3.05) is 70.5 Å². The van der Waals surface area contributed by atoms with Crippen LogP contribution < -0.4 is 4.90 Å². The van der Waals surface area contributed by atoms with E-state index in [1.165, 1.54) is 9.58 Å². The summed E-state index contributed by atoms with van der Waals surface area (Å²) < 4.78 is 11.8. The Bertz CT molecular complexity index is 969. The van der Waals surface area contributed by atoms with Crippen LogP contribution in [0.3, 0.4) is 0 Å². The van der Waals surface area contributed by atoms with Crippen LogP contribution in [-0.4, -0.2) is 91.4 Å². The minimum atomic E-state index is -0.0692. The van der Waals surface area contributed by atoms with Crippen molar-refractivity contribution in [2.24, 2.45) is 11.8 Å². The Labute approximate surface area is 213 Å². The first kappa shape index (κ1) is 26.3. The van der Waals surface area contributed by atoms with Gasteiger partial charge in [-0.2, -0.15) is 0 Å². The molecule has 0 aromatic carbocycles. The zero-order valence-electron chi connectivity index (χ0n) is 21.8. The minimum Gasteiger partial charge on any atom is -0.466 e. The highest BCUT2D eigenvalue weighted by atomic mass is 32.1. The number of hydrogen-bond donors (Lipinski definition) is 0. The molecule has 2 atom stereocenters. The Balaban J connectivity index is 1.27. The summed E-state index contributed by atoms with van der Waals surface area (Å²) in [7, 11) is 0. The fourth-order valence-electron chi connectivity index (χ4n) is 5.29. The van der Waals surface area contributed by atoms with Gasteiger partial charge < -0.3 is 19.3 Å². The van der Waals surface area contributed by atoms with Crippen LogP contribution in [0.2, 0.25) is 0 Å². The zero-order chi connectivity index (χ0) is 24.8. The molecule has 4 rings (SSSR count). The van der Waals surface area contributed by atoms with E-state index < -0.39 is 0 Å². The Morgan fingerprint density at radius 3 is 2.51 bits per heavy atom. The standard InChI is InChI=1S/C26H41N5O3S/c1-5-34-24(32)15-19(2)14-20(3)17-29-6-8-30(9-7-29)18-22-16-23-25(35-22)26(28-21(4)27-23)31-10-12-33-13-11-31/h16,19-20H,5-15,17-18H2,1-4H3. The number of carbonyl (C=O) groups excluding carboxylic acids is 1. The summed E-state index contributed by atoms with van der Waals surface area (Å²) in [5.74, 6) is 2.78. The topological polar surface area (TPSA) is 71.0 Å². The van der Waals surface area contributed by atoms with Crippen molar-refractivity contribution in [3.05, 3.63) is 16.8 Å². The highest BCUT2D eigenvalue weighted by molar-refractivity contribution is 7.19. The number of morpholine rings is 1. The van der Waals surface area contributed by atoms with Crippen LogP contribution in [0.1, 0.15) is 44.3 Å². The van der Waals surface area contributed by atoms with Crippen LogP contribution in [0.15, 0.2) is 6.07 Å². The molecule has 2 aromatic heterocycles. The number of nitrogens with zero attached hydrogens (tertiary/aromatic N) is 5. The van der Waals surface area contributed by atoms with Crippen molar-refractivity contribution in [3.8, 4) is 0 Å². The molecule has 2 unspecified atom stereocenters. The summed E-state index contributed by atoms with van der Waals surface area (Å²) in [5, 5.41) is 0. The molecule has 2 aromatic rings. The summed E-state index contributed by atoms with van der Waals surface area (Å²) in [5.41, 5.74) is 1.07. The van der Waals surface area contributed by atoms with Crippen molar-refractivity contribution in [1.82, 2.24) is 19.8 Å². The number of aryl methyl sites for hydroxylation is 1. The first-order valence-electron chi connectivity index (χ1n) is 13.1. The average Bonchev–Trinajstić information content (AvgIpc) is 3.22. The number of piperazine rings is 1. The molecular formula is C26H41N5O3S. The van der Waals surface area contributed by atoms with Gasteiger partial charge in [-0.3, -0.25) is 9.69 Å². The highest BCUT2D eigenvalue weighted by Gasteiger charge is 2.23. The second kappa shape index (κ2) is 12.4. The van der Waals surface area contributed by atoms with Gasteiger partial charge in [-0.15, -0.1) is 11.3 Å². The molecule has 0 bridgehead atoms. The van der Waals surface area contributed by atoms with E-state index in [-0.39, 0.29) is 5.97 Å². The van der Waals surface area contributed by atoms with E-state index in [9.17, 15) is 4.79 Å². The van der Waals surface area contributed by atoms with Crippen molar-refractivity contribution in [2.45, 2.75) is 47.1 Å². The van der Waals surface area contributed by atoms with Crippen LogP contribution in [0.25, 0.3) is 10.2 Å². The van der Waals surface area contributed by atoms with Gasteiger partial charge in [0.2, 0.25) is 0 Å². The average molecular weight is 504 g/mol. The molecule has 0 aliphatic carbocycles. The molecule has 0 amide bonds. The van der Waals surface area contributed by atoms with E-state index >= 15 is 0 Å². The van der Waals surface area contributed by atoms with Crippen LogP contribution in [0, 0.1) is 18.8 Å². The second-order valence-corrected chi connectivity index (χ2v) is 11.3. The van der Waals surface area contributed by atoms with E-state index in [1.807, 2.05) is 25.2 Å². The molecular weight excluding hydrogens is 462 g/mol. The summed E-state index contributed by atoms with van der Waals surface area (Å²) in [6.45, 7) is 18.5. The molecule has 35 heavy (non-hydrogen) atoms. The summed E-state index contributed by atoms with van der Waals surface area (Å²) in [6, 6.07) is 2.26. The van der Waals surface area contributed by atoms with Gasteiger partial charge in [-0.1, -0.05) is 13.8 Å². The molecule has 4 heterocycles. The first-order chi connectivity index (χ1) is 16.9. The fourth-order valence-corrected chi connectivity index (χ4v) is 6.44. The van der Waals surface area contributed by atoms with Gasteiger partial charge in [0.15, 0.2) is 5.82 Å². The lowest BCUT2D eigenvalue weighted by Crippen LogP contribution is -2.47. The number of rotatable bonds is 10. The highest BCUT2D eigenvalue weighted by Crippen LogP contribution is 2.33. The summed E-state index contributed by atoms with van der Waals surface area (Å²) in [6.07, 6.45) is 1.59. The van der Waals surface area contributed by atoms with Crippen LogP contribution in [0.4, 0.5) is 5.82 Å². The predicted octanol–water partition coefficient (Wildman–Crippen LogP) is 3.57. The lowest BCUT2D eigenvalue weighted by Gasteiger charge is -2.36. The quantitative estimate of drug-likeness (QED) is 0.456. The smallest absolute Gasteiger partial charge is 0.306 e. The number of ether oxygens (including phenoxy) is 2. The molecule has 2 saturated heterocycles. The molecule has 9 heteroatoms. The van der Waals surface area contributed by atoms with Crippen LogP contribution in [0.5, 0.6) is 0 Å². The zero-order valence-corrected chi connectivity index (χ0v) is 22.6. The second-order valence-electron chi connectivity index (χ2n) is 10.2. The maximum atomic E-state index is 11.7. The summed E-state index contributed by atoms with van der Waals surface area (Å²) in [4.78, 5) is 30.1. The third kappa shape index (κ3) is 7.35. The first-order valence-corrected chi connectivity index (χ1v) is 13.9. The van der Waals surface area contributed by atoms with Crippen LogP contribution in [-0.2, 0) is 20.8 Å². The van der Waals surface area contributed by atoms with E-state index in [1.54, 1.807) is 0 Å². The summed E-state index contributed by atoms with van der Waals surface area (Å²) >= 11 is 1.85. The van der Waals surface area contributed by atoms with Gasteiger partial charge in [0.1, 0.15) is 5.82 Å². The molecule has 2 aliphatic heterocycles. The Hall–Kier alpha value is -1.81. The molecule has 2 fully saturated rings. The van der Waals surface area contributed by atoms with E-state index in [0.717, 1.165) is 89.2 Å². The molecule has 0 saturated carbocycles. The van der Waals surface area contributed by atoms with Gasteiger partial charge in [0, 0.05) is 63.7 Å². The van der Waals surface area contributed by atoms with Crippen molar-refractivity contribution in [1.29, 1.82) is 0 Å². The number of aromatic nitrogens is 2. The third-order valence-electron chi connectivity index (χ3n) is 6.87. The molecule has 0 radical (unpaired) electrons. The molecule has 0 N–H and O–H groups in total. The molecule has 194 valence electrons. The number of hydrogen-bond acceptors (Lipinski definition) is 9. The Morgan fingerprint density at radius 2 is 1.80 bits per heavy atom. The van der Waals surface area contributed by atoms with Gasteiger partial charge in [0.25, 0.3) is 0 Å². The third-order valence-corrected chi connectivity index (χ3v) is 7.97. The normalized spacial score (nSPS) is 19.7. The molecule has 2 aliphatic rings. The Morgan fingerprint density at radius 1 is 1.09 bits per heavy atom. The van der Waals surface area contributed by atoms with E-state index in [0.29, 0.717) is 24.9 Å². The molecule has 0 spiro atoms. The maximum Gasteiger partial charge on any atom is 0.306 e. The van der Waals surface area contributed by atoms with Gasteiger partial charge in [0.05, 0.1) is 30.0 Å². The number of fused-ring (bicyclic) bond motifs is 1. The largest absolute Gasteiger partial charge is 0.466 e. The van der Waals surface area contributed by atoms with Gasteiger partial charge in [-0.05, 0) is 38.2 Å². The predicted molar refractivity (Wildman–Crippen MR) is 141 cm³/mol. The van der Waals surface area contributed by atoms with Gasteiger partial charge in [-0.25, -0.2) is 9.97 Å². The van der Waals surface area contributed by atoms with E-state index in [4.69, 9.17) is 19.4 Å². The molecule has 8 nitrogen and oxygen atoms in total. The minimum absolute atomic E-state index is 0.0692. The van der Waals surface area contributed by atoms with Crippen molar-refractivity contribution in [3.63, 3.8) is 0 Å². The van der Waals surface area contributed by atoms with Gasteiger partial charge >= 0.3 is 5.97 Å². The van der Waals surface area contributed by atoms with Crippen molar-refractivity contribution >= 4 is 33.3 Å². The van der Waals surface area contributed by atoms with E-state index in [2.05, 4.69) is 34.6 Å². The lowest BCUT2D eigenvalue weighted by atomic mass is 9.94. The monoisotopic (exact) mass is 503 g/mol. The fraction of sp³-hybridized carbons (Fsp3) is 0.731. The number of esters is 1. The number of carbonyl (C=O) groups is 1. The maximum absolute atomic E-state index is 11.7. The van der Waals surface area contributed by atoms with Crippen molar-refractivity contribution < 1.29 is 14.3 Å². The SMILES string of the molecule is CCOC(=O)CC(C)CC(C)CN1CCN(Cc2cc3nc(C)nc(N4CCOCC4)c3s2)CC1. The van der Waals surface area contributed by atoms with Crippen LogP contribution >= 0.6 is 11.3 Å². The number of thiophene rings is 1.